The van der Waals surface area contributed by atoms with Gasteiger partial charge in [-0.2, -0.15) is 4.99 Å². The monoisotopic (exact) mass is 286 g/mol. The summed E-state index contributed by atoms with van der Waals surface area (Å²) in [7, 11) is 0. The maximum atomic E-state index is 11.9. The highest BCUT2D eigenvalue weighted by molar-refractivity contribution is 8.16. The van der Waals surface area contributed by atoms with E-state index < -0.39 is 16.6 Å². The number of nitrogens with two attached hydrogens (primary N) is 1. The van der Waals surface area contributed by atoms with E-state index >= 15 is 0 Å². The van der Waals surface area contributed by atoms with Gasteiger partial charge in [0.05, 0.1) is 6.61 Å². The molecular formula is C12H18N2O4S. The number of nitrogens with zero attached hydrogens (tertiary/aromatic N) is 1. The molecule has 0 aromatic carbocycles. The number of ether oxygens (including phenoxy) is 2. The maximum Gasteiger partial charge on any atom is 0.333 e. The fourth-order valence-corrected chi connectivity index (χ4v) is 3.17. The molecule has 2 heterocycles. The molecule has 2 rings (SSSR count). The lowest BCUT2D eigenvalue weighted by Crippen LogP contribution is -2.36. The molecule has 0 radical (unpaired) electrons. The van der Waals surface area contributed by atoms with Crippen LogP contribution in [0.4, 0.5) is 0 Å². The van der Waals surface area contributed by atoms with Crippen molar-refractivity contribution < 1.29 is 19.1 Å². The van der Waals surface area contributed by atoms with Crippen molar-refractivity contribution in [3.8, 4) is 0 Å². The average Bonchev–Trinajstić information content (AvgIpc) is 2.81. The normalized spacial score (nSPS) is 29.9. The van der Waals surface area contributed by atoms with Gasteiger partial charge in [-0.1, -0.05) is 31.5 Å². The Morgan fingerprint density at radius 2 is 2.32 bits per heavy atom. The number of carbonyl (C=O) groups excluding carboxylic acids is 2. The molecule has 2 aliphatic heterocycles. The summed E-state index contributed by atoms with van der Waals surface area (Å²) in [5, 5.41) is 0.131. The van der Waals surface area contributed by atoms with E-state index in [2.05, 4.69) is 11.9 Å². The lowest BCUT2D eigenvalue weighted by Gasteiger charge is -2.12. The third-order valence-electron chi connectivity index (χ3n) is 3.15. The van der Waals surface area contributed by atoms with Crippen LogP contribution in [0.5, 0.6) is 0 Å². The largest absolute Gasteiger partial charge is 0.458 e. The van der Waals surface area contributed by atoms with Gasteiger partial charge in [-0.05, 0) is 6.42 Å². The molecular weight excluding hydrogens is 268 g/mol. The van der Waals surface area contributed by atoms with Crippen LogP contribution >= 0.6 is 11.8 Å². The molecule has 1 amide bonds. The maximum absolute atomic E-state index is 11.9. The van der Waals surface area contributed by atoms with Crippen molar-refractivity contribution in [2.45, 2.75) is 43.5 Å². The molecule has 0 aliphatic carbocycles. The zero-order valence-electron chi connectivity index (χ0n) is 10.9. The summed E-state index contributed by atoms with van der Waals surface area (Å²) < 4.78 is 9.41. The van der Waals surface area contributed by atoms with Crippen molar-refractivity contribution in [2.24, 2.45) is 10.7 Å². The second kappa shape index (κ2) is 5.92. The van der Waals surface area contributed by atoms with Crippen LogP contribution in [0.25, 0.3) is 0 Å². The Morgan fingerprint density at radius 3 is 2.95 bits per heavy atom. The highest BCUT2D eigenvalue weighted by Gasteiger charge is 2.59. The minimum atomic E-state index is -1.25. The average molecular weight is 286 g/mol. The molecule has 6 nitrogen and oxygen atoms in total. The zero-order chi connectivity index (χ0) is 13.9. The number of amides is 1. The van der Waals surface area contributed by atoms with Crippen LogP contribution in [-0.2, 0) is 19.1 Å². The predicted molar refractivity (Wildman–Crippen MR) is 71.8 cm³/mol. The fourth-order valence-electron chi connectivity index (χ4n) is 2.15. The van der Waals surface area contributed by atoms with Gasteiger partial charge in [0.25, 0.3) is 5.91 Å². The van der Waals surface area contributed by atoms with Gasteiger partial charge >= 0.3 is 5.97 Å². The van der Waals surface area contributed by atoms with Gasteiger partial charge in [-0.3, -0.25) is 4.79 Å². The molecule has 0 aromatic heterocycles. The number of hydrogen-bond donors (Lipinski definition) is 1. The Labute approximate surface area is 116 Å². The number of rotatable bonds is 6. The first-order valence-corrected chi connectivity index (χ1v) is 7.26. The molecule has 0 bridgehead atoms. The first kappa shape index (κ1) is 14.3. The molecule has 7 heteroatoms. The fraction of sp³-hybridized carbons (Fsp3) is 0.750. The van der Waals surface area contributed by atoms with E-state index in [9.17, 15) is 9.59 Å². The number of esters is 1. The Balaban J connectivity index is 1.82. The van der Waals surface area contributed by atoms with Crippen LogP contribution < -0.4 is 5.73 Å². The first-order chi connectivity index (χ1) is 9.08. The smallest absolute Gasteiger partial charge is 0.333 e. The number of aliphatic imine (C=N–C) groups is 1. The highest BCUT2D eigenvalue weighted by atomic mass is 32.2. The number of thioether (sulfide) groups is 1. The molecule has 2 unspecified atom stereocenters. The summed E-state index contributed by atoms with van der Waals surface area (Å²) in [6, 6.07) is 0. The van der Waals surface area contributed by atoms with Crippen molar-refractivity contribution in [1.82, 2.24) is 0 Å². The van der Waals surface area contributed by atoms with Crippen LogP contribution in [0.15, 0.2) is 4.99 Å². The van der Waals surface area contributed by atoms with Gasteiger partial charge in [-0.25, -0.2) is 4.79 Å². The highest BCUT2D eigenvalue weighted by Crippen LogP contribution is 2.42. The van der Waals surface area contributed by atoms with Gasteiger partial charge in [0, 0.05) is 13.0 Å². The molecule has 0 aromatic rings. The quantitative estimate of drug-likeness (QED) is 0.442. The summed E-state index contributed by atoms with van der Waals surface area (Å²) in [6.45, 7) is 3.09. The Hall–Kier alpha value is -1.08. The lowest BCUT2D eigenvalue weighted by atomic mass is 10.0. The van der Waals surface area contributed by atoms with E-state index in [1.54, 1.807) is 0 Å². The Morgan fingerprint density at radius 1 is 1.53 bits per heavy atom. The number of cyclic esters (lactones) is 1. The Bertz CT molecular complexity index is 413. The van der Waals surface area contributed by atoms with Crippen molar-refractivity contribution >= 4 is 28.8 Å². The second-order valence-corrected chi connectivity index (χ2v) is 6.02. The van der Waals surface area contributed by atoms with Gasteiger partial charge in [0.15, 0.2) is 5.17 Å². The standard InChI is InChI=1S/C12H18N2O4S/c1-2-3-4-5-17-7-8-6-12(10(16)18-8)9(15)14-11(13)19-12/h8H,2-7H2,1H3,(H2,13,14,15). The number of carbonyl (C=O) groups is 2. The molecule has 1 spiro atoms. The third-order valence-corrected chi connectivity index (χ3v) is 4.31. The molecule has 1 saturated heterocycles. The molecule has 2 atom stereocenters. The van der Waals surface area contributed by atoms with Crippen LogP contribution in [0.1, 0.15) is 32.6 Å². The summed E-state index contributed by atoms with van der Waals surface area (Å²) in [5.74, 6) is -1.05. The molecule has 0 saturated carbocycles. The van der Waals surface area contributed by atoms with Crippen molar-refractivity contribution in [3.63, 3.8) is 0 Å². The topological polar surface area (TPSA) is 91.0 Å². The van der Waals surface area contributed by atoms with Crippen LogP contribution in [0.2, 0.25) is 0 Å². The van der Waals surface area contributed by atoms with Crippen LogP contribution in [0.3, 0.4) is 0 Å². The number of unbranched alkanes of at least 4 members (excludes halogenated alkanes) is 2. The molecule has 2 aliphatic rings. The first-order valence-electron chi connectivity index (χ1n) is 6.45. The van der Waals surface area contributed by atoms with Gasteiger partial charge in [0.2, 0.25) is 4.75 Å². The summed E-state index contributed by atoms with van der Waals surface area (Å²) in [5.41, 5.74) is 5.50. The Kier molecular flexibility index (Phi) is 4.46. The van der Waals surface area contributed by atoms with Crippen molar-refractivity contribution in [2.75, 3.05) is 13.2 Å². The van der Waals surface area contributed by atoms with Crippen LogP contribution in [0, 0.1) is 0 Å². The van der Waals surface area contributed by atoms with Crippen LogP contribution in [-0.4, -0.2) is 41.1 Å². The molecule has 19 heavy (non-hydrogen) atoms. The van der Waals surface area contributed by atoms with Crippen molar-refractivity contribution in [3.05, 3.63) is 0 Å². The molecule has 1 fully saturated rings. The minimum absolute atomic E-state index is 0.131. The SMILES string of the molecule is CCCCCOCC1CC2(SC(N)=NC2=O)C(=O)O1. The van der Waals surface area contributed by atoms with Crippen molar-refractivity contribution in [1.29, 1.82) is 0 Å². The minimum Gasteiger partial charge on any atom is -0.458 e. The van der Waals surface area contributed by atoms with E-state index in [-0.39, 0.29) is 17.7 Å². The predicted octanol–water partition coefficient (Wildman–Crippen LogP) is 0.836. The third kappa shape index (κ3) is 2.92. The summed E-state index contributed by atoms with van der Waals surface area (Å²) in [6.07, 6.45) is 3.14. The van der Waals surface area contributed by atoms with E-state index in [0.29, 0.717) is 13.2 Å². The van der Waals surface area contributed by atoms with Gasteiger partial charge in [-0.15, -0.1) is 0 Å². The second-order valence-electron chi connectivity index (χ2n) is 4.70. The summed E-state index contributed by atoms with van der Waals surface area (Å²) >= 11 is 0.991. The molecule has 106 valence electrons. The van der Waals surface area contributed by atoms with Gasteiger partial charge < -0.3 is 15.2 Å². The number of hydrogen-bond acceptors (Lipinski definition) is 6. The van der Waals surface area contributed by atoms with E-state index in [1.807, 2.05) is 0 Å². The summed E-state index contributed by atoms with van der Waals surface area (Å²) in [4.78, 5) is 27.2. The zero-order valence-corrected chi connectivity index (χ0v) is 11.7. The lowest BCUT2D eigenvalue weighted by molar-refractivity contribution is -0.146. The van der Waals surface area contributed by atoms with E-state index in [1.165, 1.54) is 0 Å². The number of amidine groups is 1. The van der Waals surface area contributed by atoms with E-state index in [4.69, 9.17) is 15.2 Å². The van der Waals surface area contributed by atoms with E-state index in [0.717, 1.165) is 31.0 Å². The molecule has 2 N–H and O–H groups in total. The van der Waals surface area contributed by atoms with Gasteiger partial charge in [0.1, 0.15) is 6.10 Å².